The summed E-state index contributed by atoms with van der Waals surface area (Å²) in [5, 5.41) is 10.2. The van der Waals surface area contributed by atoms with Crippen molar-refractivity contribution in [3.8, 4) is 17.2 Å². The van der Waals surface area contributed by atoms with Crippen LogP contribution in [-0.4, -0.2) is 131 Å². The molecule has 0 aliphatic carbocycles. The van der Waals surface area contributed by atoms with Crippen LogP contribution in [0.5, 0.6) is 17.2 Å². The van der Waals surface area contributed by atoms with Gasteiger partial charge in [0.15, 0.2) is 11.5 Å². The molecule has 2 atom stereocenters. The number of hydrogen-bond donors (Lipinski definition) is 1. The van der Waals surface area contributed by atoms with Crippen LogP contribution in [-0.2, 0) is 9.47 Å². The fraction of sp³-hybridized carbons (Fsp3) is 0.640. The number of nitrogens with zero attached hydrogens (tertiary/aromatic N) is 3. The van der Waals surface area contributed by atoms with Gasteiger partial charge >= 0.3 is 0 Å². The number of β-amino-alcohol motifs (C(OH)–C–C–N with tert-alkyl or cyclic N) is 1. The van der Waals surface area contributed by atoms with Crippen LogP contribution in [0.3, 0.4) is 0 Å². The van der Waals surface area contributed by atoms with Crippen molar-refractivity contribution in [2.75, 3.05) is 93.5 Å². The van der Waals surface area contributed by atoms with E-state index in [4.69, 9.17) is 23.7 Å². The van der Waals surface area contributed by atoms with Gasteiger partial charge < -0.3 is 33.7 Å². The third kappa shape index (κ3) is 7.55. The molecule has 196 valence electrons. The summed E-state index contributed by atoms with van der Waals surface area (Å²) in [4.78, 5) is 19.6. The van der Waals surface area contributed by atoms with Crippen molar-refractivity contribution in [1.82, 2.24) is 14.7 Å². The number of amides is 1. The average molecular weight is 494 g/mol. The molecule has 1 aromatic rings. The summed E-state index contributed by atoms with van der Waals surface area (Å²) in [6, 6.07) is 3.38. The van der Waals surface area contributed by atoms with E-state index in [1.165, 1.54) is 21.3 Å². The van der Waals surface area contributed by atoms with E-state index in [0.29, 0.717) is 62.3 Å². The molecule has 0 saturated carbocycles. The molecular formula is C25H39N3O7. The van der Waals surface area contributed by atoms with Crippen LogP contribution in [0.15, 0.2) is 24.8 Å². The first kappa shape index (κ1) is 27.2. The molecule has 1 amide bonds. The number of hydrogen-bond acceptors (Lipinski definition) is 9. The first-order valence-electron chi connectivity index (χ1n) is 12.0. The molecule has 0 spiro atoms. The fourth-order valence-corrected chi connectivity index (χ4v) is 4.50. The van der Waals surface area contributed by atoms with Crippen LogP contribution in [0.2, 0.25) is 0 Å². The molecular weight excluding hydrogens is 454 g/mol. The summed E-state index contributed by atoms with van der Waals surface area (Å²) in [5.41, 5.74) is 0.509. The highest BCUT2D eigenvalue weighted by atomic mass is 16.5. The summed E-state index contributed by atoms with van der Waals surface area (Å²) < 4.78 is 27.5. The number of ether oxygens (including phenoxy) is 5. The highest BCUT2D eigenvalue weighted by Crippen LogP contribution is 2.38. The molecule has 35 heavy (non-hydrogen) atoms. The Hall–Kier alpha value is -2.37. The summed E-state index contributed by atoms with van der Waals surface area (Å²) >= 11 is 0. The van der Waals surface area contributed by atoms with Gasteiger partial charge in [-0.15, -0.1) is 6.58 Å². The second-order valence-electron chi connectivity index (χ2n) is 8.74. The van der Waals surface area contributed by atoms with E-state index < -0.39 is 6.10 Å². The molecule has 0 bridgehead atoms. The normalized spacial score (nSPS) is 20.3. The van der Waals surface area contributed by atoms with Gasteiger partial charge in [0.1, 0.15) is 0 Å². The monoisotopic (exact) mass is 493 g/mol. The van der Waals surface area contributed by atoms with E-state index in [-0.39, 0.29) is 12.0 Å². The van der Waals surface area contributed by atoms with Crippen molar-refractivity contribution < 1.29 is 33.6 Å². The molecule has 0 aromatic heterocycles. The summed E-state index contributed by atoms with van der Waals surface area (Å²) in [5.74, 6) is 1.34. The van der Waals surface area contributed by atoms with Crippen molar-refractivity contribution in [1.29, 1.82) is 0 Å². The number of aliphatic hydroxyl groups is 1. The topological polar surface area (TPSA) is 93.2 Å². The minimum atomic E-state index is -0.529. The second-order valence-corrected chi connectivity index (χ2v) is 8.74. The maximum Gasteiger partial charge on any atom is 0.254 e. The smallest absolute Gasteiger partial charge is 0.254 e. The van der Waals surface area contributed by atoms with Crippen LogP contribution in [0.4, 0.5) is 0 Å². The molecule has 3 rings (SSSR count). The van der Waals surface area contributed by atoms with E-state index >= 15 is 0 Å². The van der Waals surface area contributed by atoms with E-state index in [0.717, 1.165) is 32.7 Å². The number of piperazine rings is 1. The first-order chi connectivity index (χ1) is 17.0. The molecule has 10 heteroatoms. The average Bonchev–Trinajstić information content (AvgIpc) is 2.88. The summed E-state index contributed by atoms with van der Waals surface area (Å²) in [6.45, 7) is 10.7. The molecule has 1 aromatic carbocycles. The Labute approximate surface area is 207 Å². The van der Waals surface area contributed by atoms with Crippen molar-refractivity contribution in [3.63, 3.8) is 0 Å². The van der Waals surface area contributed by atoms with E-state index in [9.17, 15) is 9.90 Å². The van der Waals surface area contributed by atoms with Crippen LogP contribution in [0.1, 0.15) is 10.4 Å². The first-order valence-corrected chi connectivity index (χ1v) is 12.0. The van der Waals surface area contributed by atoms with Crippen LogP contribution < -0.4 is 14.2 Å². The number of rotatable bonds is 12. The van der Waals surface area contributed by atoms with Crippen molar-refractivity contribution >= 4 is 5.91 Å². The molecule has 2 aliphatic rings. The lowest BCUT2D eigenvalue weighted by molar-refractivity contribution is -0.0626. The van der Waals surface area contributed by atoms with Crippen molar-refractivity contribution in [3.05, 3.63) is 30.4 Å². The zero-order chi connectivity index (χ0) is 25.2. The highest BCUT2D eigenvalue weighted by Gasteiger charge is 2.28. The van der Waals surface area contributed by atoms with Crippen molar-refractivity contribution in [2.24, 2.45) is 0 Å². The van der Waals surface area contributed by atoms with Gasteiger partial charge in [0.05, 0.1) is 53.4 Å². The Bertz CT molecular complexity index is 804. The Balaban J connectivity index is 1.48. The van der Waals surface area contributed by atoms with Crippen LogP contribution in [0.25, 0.3) is 0 Å². The maximum atomic E-state index is 13.2. The van der Waals surface area contributed by atoms with Gasteiger partial charge in [0.2, 0.25) is 5.75 Å². The quantitative estimate of drug-likeness (QED) is 0.334. The predicted octanol–water partition coefficient (Wildman–Crippen LogP) is 0.735. The number of benzene rings is 1. The van der Waals surface area contributed by atoms with Gasteiger partial charge in [-0.3, -0.25) is 14.6 Å². The maximum absolute atomic E-state index is 13.2. The van der Waals surface area contributed by atoms with E-state index in [2.05, 4.69) is 16.4 Å². The van der Waals surface area contributed by atoms with Gasteiger partial charge in [0.25, 0.3) is 5.91 Å². The Morgan fingerprint density at radius 3 is 2.40 bits per heavy atom. The third-order valence-corrected chi connectivity index (χ3v) is 6.27. The third-order valence-electron chi connectivity index (χ3n) is 6.27. The lowest BCUT2D eigenvalue weighted by atomic mass is 10.1. The SMILES string of the molecule is C=CCOC[C@@H](O)CN1CCO[C@@H](CN2CCN(C(=O)c3cc(OC)c(OC)c(OC)c3)CC2)C1. The number of carbonyl (C=O) groups is 1. The lowest BCUT2D eigenvalue weighted by Crippen LogP contribution is -2.54. The molecule has 0 unspecified atom stereocenters. The van der Waals surface area contributed by atoms with Gasteiger partial charge in [-0.2, -0.15) is 0 Å². The van der Waals surface area contributed by atoms with Crippen molar-refractivity contribution in [2.45, 2.75) is 12.2 Å². The fourth-order valence-electron chi connectivity index (χ4n) is 4.50. The molecule has 2 fully saturated rings. The Morgan fingerprint density at radius 2 is 1.80 bits per heavy atom. The van der Waals surface area contributed by atoms with Gasteiger partial charge in [-0.1, -0.05) is 6.08 Å². The molecule has 10 nitrogen and oxygen atoms in total. The Morgan fingerprint density at radius 1 is 1.11 bits per heavy atom. The number of methoxy groups -OCH3 is 3. The number of aliphatic hydroxyl groups excluding tert-OH is 1. The van der Waals surface area contributed by atoms with E-state index in [1.54, 1.807) is 18.2 Å². The molecule has 0 radical (unpaired) electrons. The van der Waals surface area contributed by atoms with Crippen LogP contribution in [0, 0.1) is 0 Å². The number of morpholine rings is 1. The van der Waals surface area contributed by atoms with Gasteiger partial charge in [0, 0.05) is 57.9 Å². The molecule has 1 N–H and O–H groups in total. The predicted molar refractivity (Wildman–Crippen MR) is 132 cm³/mol. The lowest BCUT2D eigenvalue weighted by Gasteiger charge is -2.39. The van der Waals surface area contributed by atoms with Gasteiger partial charge in [-0.05, 0) is 12.1 Å². The zero-order valence-electron chi connectivity index (χ0n) is 21.1. The largest absolute Gasteiger partial charge is 0.493 e. The van der Waals surface area contributed by atoms with Gasteiger partial charge in [-0.25, -0.2) is 0 Å². The zero-order valence-corrected chi connectivity index (χ0v) is 21.1. The molecule has 2 aliphatic heterocycles. The number of carbonyl (C=O) groups excluding carboxylic acids is 1. The summed E-state index contributed by atoms with van der Waals surface area (Å²) in [7, 11) is 4.61. The molecule has 2 heterocycles. The minimum Gasteiger partial charge on any atom is -0.493 e. The van der Waals surface area contributed by atoms with E-state index in [1.807, 2.05) is 4.90 Å². The summed E-state index contributed by atoms with van der Waals surface area (Å²) in [6.07, 6.45) is 1.22. The minimum absolute atomic E-state index is 0.0587. The molecule has 2 saturated heterocycles. The second kappa shape index (κ2) is 13.6. The van der Waals surface area contributed by atoms with Crippen LogP contribution >= 0.6 is 0 Å². The standard InChI is InChI=1S/C25H39N3O7/c1-5-11-34-18-20(29)15-27-10-12-35-21(17-27)16-26-6-8-28(9-7-26)25(30)19-13-22(31-2)24(33-4)23(14-19)32-3/h5,13-14,20-21,29H,1,6-12,15-18H2,2-4H3/t20-,21-/m0/s1. The Kier molecular flexibility index (Phi) is 10.6. The highest BCUT2D eigenvalue weighted by molar-refractivity contribution is 5.95.